The van der Waals surface area contributed by atoms with Crippen molar-refractivity contribution >= 4 is 39.0 Å². The van der Waals surface area contributed by atoms with Crippen LogP contribution < -0.4 is 14.5 Å². The number of hydrogen-bond acceptors (Lipinski definition) is 4. The van der Waals surface area contributed by atoms with Crippen LogP contribution in [0, 0.1) is 0 Å². The molecule has 0 bridgehead atoms. The maximum Gasteiger partial charge on any atom is 0.321 e. The average Bonchev–Trinajstić information content (AvgIpc) is 3.36. The molecule has 1 saturated heterocycles. The van der Waals surface area contributed by atoms with E-state index in [1.807, 2.05) is 0 Å². The Labute approximate surface area is 179 Å². The van der Waals surface area contributed by atoms with E-state index in [0.29, 0.717) is 29.5 Å². The van der Waals surface area contributed by atoms with Gasteiger partial charge in [0.15, 0.2) is 0 Å². The molecule has 8 nitrogen and oxygen atoms in total. The van der Waals surface area contributed by atoms with Crippen molar-refractivity contribution in [3.63, 3.8) is 0 Å². The SMILES string of the molecule is Cn1cc(S(=O)(=O)N(Cc2ccc(Cl)cc2)c2cccc(N3CCNC3=O)c2)cn1. The standard InChI is InChI=1S/C20H20ClN5O3S/c1-24-14-19(12-23-24)30(28,29)26(13-15-5-7-16(21)8-6-15)18-4-2-3-17(11-18)25-10-9-22-20(25)27/h2-8,11-12,14H,9-10,13H2,1H3,(H,22,27). The van der Waals surface area contributed by atoms with Crippen molar-refractivity contribution in [1.29, 1.82) is 0 Å². The number of halogens is 1. The van der Waals surface area contributed by atoms with Crippen LogP contribution in [0.5, 0.6) is 0 Å². The van der Waals surface area contributed by atoms with Gasteiger partial charge in [-0.1, -0.05) is 29.8 Å². The molecule has 2 aromatic carbocycles. The van der Waals surface area contributed by atoms with Crippen molar-refractivity contribution in [1.82, 2.24) is 15.1 Å². The van der Waals surface area contributed by atoms with Crippen molar-refractivity contribution in [2.24, 2.45) is 7.05 Å². The summed E-state index contributed by atoms with van der Waals surface area (Å²) in [4.78, 5) is 13.7. The highest BCUT2D eigenvalue weighted by molar-refractivity contribution is 7.92. The average molecular weight is 446 g/mol. The number of nitrogens with one attached hydrogen (secondary N) is 1. The van der Waals surface area contributed by atoms with Crippen molar-refractivity contribution in [3.8, 4) is 0 Å². The molecule has 1 aliphatic heterocycles. The number of aryl methyl sites for hydroxylation is 1. The highest BCUT2D eigenvalue weighted by atomic mass is 35.5. The minimum absolute atomic E-state index is 0.0864. The predicted octanol–water partition coefficient (Wildman–Crippen LogP) is 3.00. The highest BCUT2D eigenvalue weighted by Gasteiger charge is 2.28. The molecule has 156 valence electrons. The summed E-state index contributed by atoms with van der Waals surface area (Å²) in [6.07, 6.45) is 2.78. The fourth-order valence-electron chi connectivity index (χ4n) is 3.26. The number of sulfonamides is 1. The van der Waals surface area contributed by atoms with Crippen molar-refractivity contribution in [2.75, 3.05) is 22.3 Å². The Balaban J connectivity index is 1.77. The normalized spacial score (nSPS) is 14.1. The number of carbonyl (C=O) groups excluding carboxylic acids is 1. The van der Waals surface area contributed by atoms with E-state index < -0.39 is 10.0 Å². The zero-order valence-electron chi connectivity index (χ0n) is 16.2. The predicted molar refractivity (Wildman–Crippen MR) is 115 cm³/mol. The molecule has 0 saturated carbocycles. The van der Waals surface area contributed by atoms with E-state index in [9.17, 15) is 13.2 Å². The Morgan fingerprint density at radius 3 is 2.60 bits per heavy atom. The van der Waals surface area contributed by atoms with Gasteiger partial charge in [-0.2, -0.15) is 5.10 Å². The van der Waals surface area contributed by atoms with Crippen LogP contribution in [0.1, 0.15) is 5.56 Å². The van der Waals surface area contributed by atoms with E-state index in [1.165, 1.54) is 21.4 Å². The third kappa shape index (κ3) is 3.99. The monoisotopic (exact) mass is 445 g/mol. The summed E-state index contributed by atoms with van der Waals surface area (Å²) in [5.74, 6) is 0. The fraction of sp³-hybridized carbons (Fsp3) is 0.200. The third-order valence-electron chi connectivity index (χ3n) is 4.79. The Morgan fingerprint density at radius 1 is 1.20 bits per heavy atom. The molecule has 0 atom stereocenters. The first-order valence-electron chi connectivity index (χ1n) is 9.26. The van der Waals surface area contributed by atoms with Crippen LogP contribution in [0.3, 0.4) is 0 Å². The lowest BCUT2D eigenvalue weighted by molar-refractivity contribution is 0.252. The largest absolute Gasteiger partial charge is 0.336 e. The van der Waals surface area contributed by atoms with Gasteiger partial charge in [-0.3, -0.25) is 13.9 Å². The summed E-state index contributed by atoms with van der Waals surface area (Å²) in [7, 11) is -2.24. The van der Waals surface area contributed by atoms with Gasteiger partial charge in [0, 0.05) is 37.0 Å². The van der Waals surface area contributed by atoms with E-state index in [2.05, 4.69) is 10.4 Å². The molecule has 0 unspecified atom stereocenters. The van der Waals surface area contributed by atoms with E-state index >= 15 is 0 Å². The minimum Gasteiger partial charge on any atom is -0.336 e. The second-order valence-electron chi connectivity index (χ2n) is 6.89. The summed E-state index contributed by atoms with van der Waals surface area (Å²) < 4.78 is 29.7. The van der Waals surface area contributed by atoms with Gasteiger partial charge >= 0.3 is 6.03 Å². The van der Waals surface area contributed by atoms with E-state index in [-0.39, 0.29) is 17.5 Å². The summed E-state index contributed by atoms with van der Waals surface area (Å²) in [6, 6.07) is 13.7. The zero-order chi connectivity index (χ0) is 21.3. The molecule has 1 aliphatic rings. The van der Waals surface area contributed by atoms with Gasteiger partial charge in [0.2, 0.25) is 0 Å². The molecular formula is C20H20ClN5O3S. The van der Waals surface area contributed by atoms with Gasteiger partial charge in [0.1, 0.15) is 4.90 Å². The molecule has 1 aromatic heterocycles. The van der Waals surface area contributed by atoms with Crippen molar-refractivity contribution in [2.45, 2.75) is 11.4 Å². The molecule has 10 heteroatoms. The Morgan fingerprint density at radius 2 is 1.97 bits per heavy atom. The summed E-state index contributed by atoms with van der Waals surface area (Å²) in [5, 5.41) is 7.32. The van der Waals surface area contributed by atoms with Crippen LogP contribution in [0.4, 0.5) is 16.2 Å². The van der Waals surface area contributed by atoms with E-state index in [1.54, 1.807) is 60.5 Å². The number of carbonyl (C=O) groups is 1. The second kappa shape index (κ2) is 8.00. The number of anilines is 2. The van der Waals surface area contributed by atoms with Gasteiger partial charge in [-0.15, -0.1) is 0 Å². The fourth-order valence-corrected chi connectivity index (χ4v) is 4.82. The number of nitrogens with zero attached hydrogens (tertiary/aromatic N) is 4. The topological polar surface area (TPSA) is 87.5 Å². The van der Waals surface area contributed by atoms with Gasteiger partial charge in [-0.05, 0) is 35.9 Å². The Bertz CT molecular complexity index is 1180. The lowest BCUT2D eigenvalue weighted by Crippen LogP contribution is -2.31. The summed E-state index contributed by atoms with van der Waals surface area (Å²) in [6.45, 7) is 1.17. The smallest absolute Gasteiger partial charge is 0.321 e. The highest BCUT2D eigenvalue weighted by Crippen LogP contribution is 2.30. The van der Waals surface area contributed by atoms with Crippen LogP contribution in [0.2, 0.25) is 5.02 Å². The second-order valence-corrected chi connectivity index (χ2v) is 9.19. The maximum absolute atomic E-state index is 13.5. The summed E-state index contributed by atoms with van der Waals surface area (Å²) >= 11 is 5.97. The third-order valence-corrected chi connectivity index (χ3v) is 6.77. The Hall–Kier alpha value is -3.04. The van der Waals surface area contributed by atoms with Crippen LogP contribution in [-0.2, 0) is 23.6 Å². The quantitative estimate of drug-likeness (QED) is 0.631. The summed E-state index contributed by atoms with van der Waals surface area (Å²) in [5.41, 5.74) is 1.85. The lowest BCUT2D eigenvalue weighted by atomic mass is 10.2. The molecule has 2 heterocycles. The minimum atomic E-state index is -3.90. The van der Waals surface area contributed by atoms with E-state index in [4.69, 9.17) is 11.6 Å². The Kier molecular flexibility index (Phi) is 5.40. The number of benzene rings is 2. The number of aromatic nitrogens is 2. The van der Waals surface area contributed by atoms with Crippen LogP contribution in [0.15, 0.2) is 65.8 Å². The number of rotatable bonds is 6. The number of urea groups is 1. The molecular weight excluding hydrogens is 426 g/mol. The van der Waals surface area contributed by atoms with Gasteiger partial charge in [0.05, 0.1) is 18.4 Å². The first-order valence-corrected chi connectivity index (χ1v) is 11.1. The number of hydrogen-bond donors (Lipinski definition) is 1. The van der Waals surface area contributed by atoms with Gasteiger partial charge < -0.3 is 5.32 Å². The maximum atomic E-state index is 13.5. The molecule has 0 aliphatic carbocycles. The van der Waals surface area contributed by atoms with Crippen molar-refractivity contribution < 1.29 is 13.2 Å². The molecule has 3 aromatic rings. The van der Waals surface area contributed by atoms with Gasteiger partial charge in [-0.25, -0.2) is 13.2 Å². The van der Waals surface area contributed by atoms with Gasteiger partial charge in [0.25, 0.3) is 10.0 Å². The van der Waals surface area contributed by atoms with E-state index in [0.717, 1.165) is 5.56 Å². The lowest BCUT2D eigenvalue weighted by Gasteiger charge is -2.25. The molecule has 1 fully saturated rings. The molecule has 30 heavy (non-hydrogen) atoms. The molecule has 4 rings (SSSR count). The molecule has 2 amide bonds. The molecule has 0 radical (unpaired) electrons. The molecule has 0 spiro atoms. The zero-order valence-corrected chi connectivity index (χ0v) is 17.8. The molecule has 1 N–H and O–H groups in total. The van der Waals surface area contributed by atoms with Crippen LogP contribution in [0.25, 0.3) is 0 Å². The van der Waals surface area contributed by atoms with Crippen LogP contribution in [-0.4, -0.2) is 37.3 Å². The van der Waals surface area contributed by atoms with Crippen molar-refractivity contribution in [3.05, 3.63) is 71.5 Å². The first-order chi connectivity index (χ1) is 14.3. The first kappa shape index (κ1) is 20.2. The number of amides is 2. The van der Waals surface area contributed by atoms with Crippen LogP contribution >= 0.6 is 11.6 Å².